The Morgan fingerprint density at radius 1 is 1.10 bits per heavy atom. The van der Waals surface area contributed by atoms with Gasteiger partial charge in [0.2, 0.25) is 0 Å². The summed E-state index contributed by atoms with van der Waals surface area (Å²) in [5.41, 5.74) is 4.78. The fourth-order valence-electron chi connectivity index (χ4n) is 4.30. The quantitative estimate of drug-likeness (QED) is 0.716. The molecule has 1 N–H and O–H groups in total. The molecule has 2 heterocycles. The van der Waals surface area contributed by atoms with Crippen LogP contribution in [0.1, 0.15) is 64.0 Å². The van der Waals surface area contributed by atoms with Crippen molar-refractivity contribution in [3.63, 3.8) is 0 Å². The highest BCUT2D eigenvalue weighted by Crippen LogP contribution is 2.41. The summed E-state index contributed by atoms with van der Waals surface area (Å²) in [5, 5.41) is 17.3. The zero-order valence-electron chi connectivity index (χ0n) is 16.9. The van der Waals surface area contributed by atoms with E-state index in [1.54, 1.807) is 0 Å². The Morgan fingerprint density at radius 3 is 2.47 bits per heavy atom. The number of likely N-dealkylation sites (tertiary alicyclic amines) is 1. The first-order chi connectivity index (χ1) is 14.6. The highest BCUT2D eigenvalue weighted by molar-refractivity contribution is 5.96. The molecule has 1 saturated carbocycles. The largest absolute Gasteiger partial charge is 0.337 e. The van der Waals surface area contributed by atoms with Crippen molar-refractivity contribution in [3.05, 3.63) is 70.5 Å². The third kappa shape index (κ3) is 3.26. The minimum absolute atomic E-state index is 0.0533. The third-order valence-electron chi connectivity index (χ3n) is 6.38. The maximum Gasteiger partial charge on any atom is 0.253 e. The molecule has 0 unspecified atom stereocenters. The molecule has 1 aromatic heterocycles. The summed E-state index contributed by atoms with van der Waals surface area (Å²) >= 11 is 0. The average Bonchev–Trinajstić information content (AvgIpc) is 3.12. The van der Waals surface area contributed by atoms with Crippen LogP contribution in [0.4, 0.5) is 0 Å². The van der Waals surface area contributed by atoms with Gasteiger partial charge in [-0.2, -0.15) is 5.26 Å². The zero-order chi connectivity index (χ0) is 20.7. The Balaban J connectivity index is 1.35. The smallest absolute Gasteiger partial charge is 0.253 e. The number of benzene rings is 2. The van der Waals surface area contributed by atoms with Crippen LogP contribution < -0.4 is 0 Å². The molecule has 1 aliphatic carbocycles. The molecular formula is C24H23N5O. The monoisotopic (exact) mass is 397 g/mol. The maximum atomic E-state index is 13.1. The topological polar surface area (TPSA) is 85.7 Å². The minimum atomic E-state index is 0.0533. The maximum absolute atomic E-state index is 13.1. The van der Waals surface area contributed by atoms with E-state index in [9.17, 15) is 4.79 Å². The number of nitrogens with one attached hydrogen (secondary N) is 1. The second-order valence-electron chi connectivity index (χ2n) is 8.33. The van der Waals surface area contributed by atoms with Crippen LogP contribution in [0.3, 0.4) is 0 Å². The number of nitriles is 1. The second-order valence-corrected chi connectivity index (χ2v) is 8.33. The lowest BCUT2D eigenvalue weighted by Gasteiger charge is -2.39. The van der Waals surface area contributed by atoms with Gasteiger partial charge in [-0.1, -0.05) is 24.6 Å². The number of carbonyl (C=O) groups is 1. The van der Waals surface area contributed by atoms with Gasteiger partial charge in [0.1, 0.15) is 5.82 Å². The molecular weight excluding hydrogens is 374 g/mol. The molecule has 0 atom stereocenters. The second kappa shape index (κ2) is 7.42. The first-order valence-corrected chi connectivity index (χ1v) is 10.5. The Hall–Kier alpha value is -3.46. The number of rotatable bonds is 4. The molecule has 5 rings (SSSR count). The van der Waals surface area contributed by atoms with Gasteiger partial charge in [-0.05, 0) is 61.1 Å². The lowest BCUT2D eigenvalue weighted by atomic mass is 9.77. The normalized spacial score (nSPS) is 16.6. The first kappa shape index (κ1) is 18.6. The number of hydrogen-bond acceptors (Lipinski definition) is 4. The van der Waals surface area contributed by atoms with Gasteiger partial charge in [-0.25, -0.2) is 0 Å². The van der Waals surface area contributed by atoms with Crippen LogP contribution in [-0.2, 0) is 0 Å². The van der Waals surface area contributed by atoms with Crippen molar-refractivity contribution in [2.75, 3.05) is 13.1 Å². The van der Waals surface area contributed by atoms with Crippen molar-refractivity contribution in [2.45, 2.75) is 38.0 Å². The number of amides is 1. The van der Waals surface area contributed by atoms with Crippen molar-refractivity contribution in [2.24, 2.45) is 0 Å². The van der Waals surface area contributed by atoms with Gasteiger partial charge in [0, 0.05) is 30.1 Å². The van der Waals surface area contributed by atoms with E-state index in [2.05, 4.69) is 27.3 Å². The number of hydrogen-bond donors (Lipinski definition) is 1. The van der Waals surface area contributed by atoms with E-state index < -0.39 is 0 Å². The number of aromatic amines is 1. The SMILES string of the molecule is Cc1nnc(-c2cc(C(=O)N3CC(c4ccc(C#N)cc4)C3)ccc2C2CCC2)[nH]1. The van der Waals surface area contributed by atoms with E-state index in [0.717, 1.165) is 17.2 Å². The number of H-pyrrole nitrogens is 1. The highest BCUT2D eigenvalue weighted by Gasteiger charge is 2.33. The third-order valence-corrected chi connectivity index (χ3v) is 6.38. The van der Waals surface area contributed by atoms with E-state index in [1.165, 1.54) is 30.4 Å². The first-order valence-electron chi connectivity index (χ1n) is 10.5. The van der Waals surface area contributed by atoms with E-state index in [0.29, 0.717) is 36.1 Å². The highest BCUT2D eigenvalue weighted by atomic mass is 16.2. The van der Waals surface area contributed by atoms with Gasteiger partial charge in [-0.15, -0.1) is 10.2 Å². The summed E-state index contributed by atoms with van der Waals surface area (Å²) in [5.74, 6) is 2.43. The molecule has 2 fully saturated rings. The van der Waals surface area contributed by atoms with Gasteiger partial charge in [0.25, 0.3) is 5.91 Å². The van der Waals surface area contributed by atoms with Gasteiger partial charge >= 0.3 is 0 Å². The van der Waals surface area contributed by atoms with Crippen LogP contribution in [0.5, 0.6) is 0 Å². The van der Waals surface area contributed by atoms with Crippen molar-refractivity contribution >= 4 is 5.91 Å². The van der Waals surface area contributed by atoms with E-state index in [1.807, 2.05) is 48.2 Å². The van der Waals surface area contributed by atoms with Crippen molar-refractivity contribution in [3.8, 4) is 17.5 Å². The number of aryl methyl sites for hydroxylation is 1. The van der Waals surface area contributed by atoms with Crippen LogP contribution in [0.15, 0.2) is 42.5 Å². The summed E-state index contributed by atoms with van der Waals surface area (Å²) in [4.78, 5) is 18.2. The zero-order valence-corrected chi connectivity index (χ0v) is 16.9. The van der Waals surface area contributed by atoms with Crippen LogP contribution in [-0.4, -0.2) is 39.1 Å². The van der Waals surface area contributed by atoms with Crippen molar-refractivity contribution < 1.29 is 4.79 Å². The summed E-state index contributed by atoms with van der Waals surface area (Å²) in [7, 11) is 0. The number of aromatic nitrogens is 3. The van der Waals surface area contributed by atoms with Crippen LogP contribution >= 0.6 is 0 Å². The Labute approximate surface area is 175 Å². The Bertz CT molecular complexity index is 1130. The van der Waals surface area contributed by atoms with Gasteiger partial charge in [0.05, 0.1) is 11.6 Å². The predicted molar refractivity (Wildman–Crippen MR) is 113 cm³/mol. The molecule has 3 aromatic rings. The molecule has 0 spiro atoms. The van der Waals surface area contributed by atoms with Crippen molar-refractivity contribution in [1.29, 1.82) is 5.26 Å². The minimum Gasteiger partial charge on any atom is -0.337 e. The number of carbonyl (C=O) groups excluding carboxylic acids is 1. The van der Waals surface area contributed by atoms with Crippen LogP contribution in [0, 0.1) is 18.3 Å². The molecule has 150 valence electrons. The standard InChI is InChI=1S/C24H23N5O/c1-15-26-23(28-27-15)22-11-19(9-10-21(22)18-3-2-4-18)24(30)29-13-20(14-29)17-7-5-16(12-25)6-8-17/h5-11,18,20H,2-4,13-14H2,1H3,(H,26,27,28). The molecule has 6 heteroatoms. The van der Waals surface area contributed by atoms with Crippen LogP contribution in [0.25, 0.3) is 11.4 Å². The van der Waals surface area contributed by atoms with Gasteiger partial charge < -0.3 is 9.88 Å². The fraction of sp³-hybridized carbons (Fsp3) is 0.333. The molecule has 1 aliphatic heterocycles. The van der Waals surface area contributed by atoms with E-state index in [-0.39, 0.29) is 5.91 Å². The van der Waals surface area contributed by atoms with Gasteiger partial charge in [-0.3, -0.25) is 4.79 Å². The average molecular weight is 397 g/mol. The summed E-state index contributed by atoms with van der Waals surface area (Å²) in [6, 6.07) is 15.8. The lowest BCUT2D eigenvalue weighted by molar-refractivity contribution is 0.0602. The molecule has 30 heavy (non-hydrogen) atoms. The molecule has 6 nitrogen and oxygen atoms in total. The van der Waals surface area contributed by atoms with E-state index in [4.69, 9.17) is 5.26 Å². The Kier molecular flexibility index (Phi) is 4.59. The number of nitrogens with zero attached hydrogens (tertiary/aromatic N) is 4. The molecule has 2 aliphatic rings. The molecule has 1 saturated heterocycles. The fourth-order valence-corrected chi connectivity index (χ4v) is 4.30. The molecule has 1 amide bonds. The molecule has 2 aromatic carbocycles. The molecule has 0 radical (unpaired) electrons. The van der Waals surface area contributed by atoms with Crippen molar-refractivity contribution in [1.82, 2.24) is 20.1 Å². The summed E-state index contributed by atoms with van der Waals surface area (Å²) in [6.45, 7) is 3.29. The van der Waals surface area contributed by atoms with Crippen LogP contribution in [0.2, 0.25) is 0 Å². The van der Waals surface area contributed by atoms with E-state index >= 15 is 0 Å². The predicted octanol–water partition coefficient (Wildman–Crippen LogP) is 4.16. The van der Waals surface area contributed by atoms with Gasteiger partial charge in [0.15, 0.2) is 5.82 Å². The summed E-state index contributed by atoms with van der Waals surface area (Å²) < 4.78 is 0. The molecule has 0 bridgehead atoms. The lowest BCUT2D eigenvalue weighted by Crippen LogP contribution is -2.48. The summed E-state index contributed by atoms with van der Waals surface area (Å²) in [6.07, 6.45) is 3.63. The Morgan fingerprint density at radius 2 is 1.87 bits per heavy atom.